The van der Waals surface area contributed by atoms with Crippen LogP contribution in [0.2, 0.25) is 10.0 Å². The van der Waals surface area contributed by atoms with Crippen molar-refractivity contribution in [2.45, 2.75) is 30.7 Å². The number of carbonyl (C=O) groups excluding carboxylic acids is 1. The highest BCUT2D eigenvalue weighted by Gasteiger charge is 2.46. The Balaban J connectivity index is 2.24. The van der Waals surface area contributed by atoms with Gasteiger partial charge in [-0.05, 0) is 30.5 Å². The molecule has 120 valence electrons. The van der Waals surface area contributed by atoms with Crippen molar-refractivity contribution >= 4 is 35.1 Å². The van der Waals surface area contributed by atoms with E-state index < -0.39 is 17.4 Å². The van der Waals surface area contributed by atoms with Gasteiger partial charge in [-0.2, -0.15) is 0 Å². The van der Waals surface area contributed by atoms with Crippen molar-refractivity contribution in [2.24, 2.45) is 0 Å². The lowest BCUT2D eigenvalue weighted by atomic mass is 9.63. The molecule has 1 aliphatic carbocycles. The van der Waals surface area contributed by atoms with E-state index in [1.54, 1.807) is 18.2 Å². The lowest BCUT2D eigenvalue weighted by Gasteiger charge is -2.41. The molecule has 0 heterocycles. The summed E-state index contributed by atoms with van der Waals surface area (Å²) in [7, 11) is 1.39. The highest BCUT2D eigenvalue weighted by Crippen LogP contribution is 2.45. The number of ether oxygens (including phenoxy) is 1. The molecular weight excluding hydrogens is 329 g/mol. The average molecular weight is 346 g/mol. The molecule has 1 fully saturated rings. The Morgan fingerprint density at radius 1 is 1.36 bits per heavy atom. The molecule has 7 heteroatoms. The Morgan fingerprint density at radius 3 is 2.50 bits per heavy atom. The zero-order chi connectivity index (χ0) is 16.3. The highest BCUT2D eigenvalue weighted by molar-refractivity contribution is 6.42. The van der Waals surface area contributed by atoms with Crippen LogP contribution in [0.5, 0.6) is 0 Å². The van der Waals surface area contributed by atoms with Gasteiger partial charge in [-0.1, -0.05) is 35.7 Å². The van der Waals surface area contributed by atoms with Crippen molar-refractivity contribution < 1.29 is 19.4 Å². The first-order valence-corrected chi connectivity index (χ1v) is 7.64. The van der Waals surface area contributed by atoms with Crippen LogP contribution in [0.4, 0.5) is 0 Å². The second-order valence-electron chi connectivity index (χ2n) is 5.38. The van der Waals surface area contributed by atoms with Crippen molar-refractivity contribution in [1.29, 1.82) is 0 Å². The van der Waals surface area contributed by atoms with E-state index in [2.05, 4.69) is 5.32 Å². The van der Waals surface area contributed by atoms with E-state index in [1.165, 1.54) is 7.11 Å². The predicted octanol–water partition coefficient (Wildman–Crippen LogP) is 2.63. The smallest absolute Gasteiger partial charge is 0.328 e. The zero-order valence-corrected chi connectivity index (χ0v) is 13.6. The summed E-state index contributed by atoms with van der Waals surface area (Å²) < 4.78 is 4.84. The lowest BCUT2D eigenvalue weighted by Crippen LogP contribution is -2.55. The summed E-state index contributed by atoms with van der Waals surface area (Å²) in [5.74, 6) is -1.44. The van der Waals surface area contributed by atoms with Gasteiger partial charge in [-0.15, -0.1) is 0 Å². The number of amides is 1. The number of nitrogens with one attached hydrogen (secondary N) is 1. The largest absolute Gasteiger partial charge is 0.480 e. The van der Waals surface area contributed by atoms with E-state index in [0.717, 1.165) is 12.0 Å². The number of carboxylic acid groups (broad SMARTS) is 1. The van der Waals surface area contributed by atoms with Gasteiger partial charge in [0.25, 0.3) is 0 Å². The van der Waals surface area contributed by atoms with Gasteiger partial charge in [0.15, 0.2) is 6.04 Å². The molecule has 0 spiro atoms. The van der Waals surface area contributed by atoms with Gasteiger partial charge in [-0.3, -0.25) is 4.79 Å². The quantitative estimate of drug-likeness (QED) is 0.830. The molecule has 1 aromatic carbocycles. The number of methoxy groups -OCH3 is 1. The van der Waals surface area contributed by atoms with Crippen LogP contribution in [-0.4, -0.2) is 36.7 Å². The minimum Gasteiger partial charge on any atom is -0.480 e. The first kappa shape index (κ1) is 17.1. The molecule has 0 bridgehead atoms. The second-order valence-corrected chi connectivity index (χ2v) is 6.20. The molecule has 0 aliphatic heterocycles. The fourth-order valence-corrected chi connectivity index (χ4v) is 2.91. The summed E-state index contributed by atoms with van der Waals surface area (Å²) >= 11 is 11.9. The van der Waals surface area contributed by atoms with E-state index in [4.69, 9.17) is 33.0 Å². The summed E-state index contributed by atoms with van der Waals surface area (Å²) in [4.78, 5) is 23.8. The van der Waals surface area contributed by atoms with Crippen molar-refractivity contribution in [2.75, 3.05) is 13.7 Å². The van der Waals surface area contributed by atoms with E-state index in [1.807, 2.05) is 0 Å². The number of carboxylic acids is 1. The number of hydrogen-bond acceptors (Lipinski definition) is 3. The Morgan fingerprint density at radius 2 is 2.05 bits per heavy atom. The fourth-order valence-electron chi connectivity index (χ4n) is 2.61. The van der Waals surface area contributed by atoms with Crippen LogP contribution in [0, 0.1) is 0 Å². The minimum absolute atomic E-state index is 0.0848. The van der Waals surface area contributed by atoms with Gasteiger partial charge in [0.1, 0.15) is 0 Å². The Labute approximate surface area is 138 Å². The Bertz CT molecular complexity index is 587. The van der Waals surface area contributed by atoms with E-state index in [-0.39, 0.29) is 12.5 Å². The maximum absolute atomic E-state index is 12.6. The summed E-state index contributed by atoms with van der Waals surface area (Å²) in [6.07, 6.45) is 2.20. The standard InChI is InChI=1S/C15H17Cl2NO4/c1-22-8-12(13(19)20)18-14(21)15(5-2-6-15)9-3-4-10(16)11(17)7-9/h3-4,7,12H,2,5-6,8H2,1H3,(H,18,21)(H,19,20). The Kier molecular flexibility index (Phi) is 5.32. The van der Waals surface area contributed by atoms with Crippen LogP contribution in [0.15, 0.2) is 18.2 Å². The van der Waals surface area contributed by atoms with E-state index in [9.17, 15) is 9.59 Å². The maximum atomic E-state index is 12.6. The van der Waals surface area contributed by atoms with Crippen molar-refractivity contribution in [1.82, 2.24) is 5.32 Å². The molecule has 0 radical (unpaired) electrons. The van der Waals surface area contributed by atoms with Crippen LogP contribution < -0.4 is 5.32 Å². The predicted molar refractivity (Wildman–Crippen MR) is 83.4 cm³/mol. The molecule has 1 aromatic rings. The van der Waals surface area contributed by atoms with Crippen LogP contribution >= 0.6 is 23.2 Å². The minimum atomic E-state index is -1.13. The molecule has 1 aliphatic rings. The molecule has 0 aromatic heterocycles. The van der Waals surface area contributed by atoms with Gasteiger partial charge in [0.2, 0.25) is 5.91 Å². The Hall–Kier alpha value is -1.30. The molecular formula is C15H17Cl2NO4. The summed E-state index contributed by atoms with van der Waals surface area (Å²) in [5, 5.41) is 12.5. The molecule has 22 heavy (non-hydrogen) atoms. The molecule has 0 saturated heterocycles. The summed E-state index contributed by atoms with van der Waals surface area (Å²) in [6.45, 7) is -0.0848. The van der Waals surface area contributed by atoms with Gasteiger partial charge in [0, 0.05) is 7.11 Å². The summed E-state index contributed by atoms with van der Waals surface area (Å²) in [6, 6.07) is 4.02. The first-order valence-electron chi connectivity index (χ1n) is 6.89. The molecule has 1 unspecified atom stereocenters. The summed E-state index contributed by atoms with van der Waals surface area (Å²) in [5.41, 5.74) is 0.0163. The monoisotopic (exact) mass is 345 g/mol. The zero-order valence-electron chi connectivity index (χ0n) is 12.1. The van der Waals surface area contributed by atoms with Crippen LogP contribution in [0.25, 0.3) is 0 Å². The van der Waals surface area contributed by atoms with Crippen LogP contribution in [-0.2, 0) is 19.7 Å². The average Bonchev–Trinajstić information content (AvgIpc) is 2.41. The second kappa shape index (κ2) is 6.86. The van der Waals surface area contributed by atoms with Crippen molar-refractivity contribution in [3.05, 3.63) is 33.8 Å². The number of rotatable bonds is 6. The van der Waals surface area contributed by atoms with Crippen molar-refractivity contribution in [3.8, 4) is 0 Å². The number of hydrogen-bond donors (Lipinski definition) is 2. The fraction of sp³-hybridized carbons (Fsp3) is 0.467. The van der Waals surface area contributed by atoms with E-state index >= 15 is 0 Å². The van der Waals surface area contributed by atoms with E-state index in [0.29, 0.717) is 22.9 Å². The number of carbonyl (C=O) groups is 2. The maximum Gasteiger partial charge on any atom is 0.328 e. The van der Waals surface area contributed by atoms with Crippen molar-refractivity contribution in [3.63, 3.8) is 0 Å². The van der Waals surface area contributed by atoms with Gasteiger partial charge < -0.3 is 15.2 Å². The lowest BCUT2D eigenvalue weighted by molar-refractivity contribution is -0.145. The molecule has 1 atom stereocenters. The first-order chi connectivity index (χ1) is 10.4. The number of benzene rings is 1. The topological polar surface area (TPSA) is 75.6 Å². The molecule has 2 rings (SSSR count). The third kappa shape index (κ3) is 3.21. The third-order valence-corrected chi connectivity index (χ3v) is 4.79. The SMILES string of the molecule is COCC(NC(=O)C1(c2ccc(Cl)c(Cl)c2)CCC1)C(=O)O. The van der Waals surface area contributed by atoms with Crippen LogP contribution in [0.3, 0.4) is 0 Å². The molecule has 2 N–H and O–H groups in total. The van der Waals surface area contributed by atoms with Crippen LogP contribution in [0.1, 0.15) is 24.8 Å². The highest BCUT2D eigenvalue weighted by atomic mass is 35.5. The van der Waals surface area contributed by atoms with Gasteiger partial charge >= 0.3 is 5.97 Å². The number of aliphatic carboxylic acids is 1. The molecule has 1 amide bonds. The van der Waals surface area contributed by atoms with Gasteiger partial charge in [-0.25, -0.2) is 4.79 Å². The van der Waals surface area contributed by atoms with Gasteiger partial charge in [0.05, 0.1) is 22.1 Å². The molecule has 5 nitrogen and oxygen atoms in total. The number of halogens is 2. The normalized spacial score (nSPS) is 17.4. The molecule has 1 saturated carbocycles. The third-order valence-electron chi connectivity index (χ3n) is 4.05.